The second-order valence-corrected chi connectivity index (χ2v) is 6.54. The molecule has 1 fully saturated rings. The maximum atomic E-state index is 11.8. The highest BCUT2D eigenvalue weighted by atomic mass is 16.3. The lowest BCUT2D eigenvalue weighted by Crippen LogP contribution is -2.29. The van der Waals surface area contributed by atoms with E-state index in [1.807, 2.05) is 12.1 Å². The van der Waals surface area contributed by atoms with E-state index >= 15 is 0 Å². The molecule has 1 amide bonds. The summed E-state index contributed by atoms with van der Waals surface area (Å²) in [6, 6.07) is 5.83. The molecule has 0 radical (unpaired) electrons. The van der Waals surface area contributed by atoms with Gasteiger partial charge in [0.05, 0.1) is 18.2 Å². The van der Waals surface area contributed by atoms with Crippen LogP contribution < -0.4 is 11.1 Å². The Balaban J connectivity index is 2.09. The van der Waals surface area contributed by atoms with Crippen molar-refractivity contribution in [2.75, 3.05) is 25.0 Å². The van der Waals surface area contributed by atoms with Gasteiger partial charge in [0.15, 0.2) is 0 Å². The van der Waals surface area contributed by atoms with Crippen molar-refractivity contribution in [1.29, 1.82) is 0 Å². The van der Waals surface area contributed by atoms with Crippen LogP contribution in [0.4, 0.5) is 5.69 Å². The molecule has 0 saturated heterocycles. The van der Waals surface area contributed by atoms with E-state index in [1.165, 1.54) is 0 Å². The maximum absolute atomic E-state index is 11.8. The number of primary amides is 1. The Morgan fingerprint density at radius 1 is 1.28 bits per heavy atom. The van der Waals surface area contributed by atoms with Crippen LogP contribution in [0.25, 0.3) is 0 Å². The van der Waals surface area contributed by atoms with Gasteiger partial charge in [0.1, 0.15) is 0 Å². The predicted octanol–water partition coefficient (Wildman–Crippen LogP) is 2.19. The number of carbonyl (C=O) groups excluding carboxylic acids is 1. The first kappa shape index (κ1) is 19.3. The second-order valence-electron chi connectivity index (χ2n) is 6.54. The molecule has 25 heavy (non-hydrogen) atoms. The quantitative estimate of drug-likeness (QED) is 0.692. The smallest absolute Gasteiger partial charge is 0.250 e. The van der Waals surface area contributed by atoms with Crippen molar-refractivity contribution in [1.82, 2.24) is 4.90 Å². The molecule has 1 aromatic carbocycles. The SMILES string of the molecule is CCN(CC)CC#Cc1ccc(NC2CCC(O)CC2)c(C(N)=O)c1. The lowest BCUT2D eigenvalue weighted by Gasteiger charge is -2.27. The summed E-state index contributed by atoms with van der Waals surface area (Å²) in [5.74, 6) is 5.81. The van der Waals surface area contributed by atoms with Crippen LogP contribution in [0.2, 0.25) is 0 Å². The first-order valence-electron chi connectivity index (χ1n) is 9.13. The van der Waals surface area contributed by atoms with Crippen molar-refractivity contribution in [3.05, 3.63) is 29.3 Å². The molecule has 1 aliphatic carbocycles. The van der Waals surface area contributed by atoms with Crippen molar-refractivity contribution in [3.8, 4) is 11.8 Å². The normalized spacial score (nSPS) is 20.0. The van der Waals surface area contributed by atoms with Crippen LogP contribution in [0.1, 0.15) is 55.5 Å². The standard InChI is InChI=1S/C20H29N3O2/c1-3-23(4-2)13-5-6-15-7-12-19(18(14-15)20(21)25)22-16-8-10-17(24)11-9-16/h7,12,14,16-17,22,24H,3-4,8-11,13H2,1-2H3,(H2,21,25). The molecule has 0 atom stereocenters. The summed E-state index contributed by atoms with van der Waals surface area (Å²) >= 11 is 0. The van der Waals surface area contributed by atoms with Crippen LogP contribution in [0, 0.1) is 11.8 Å². The second kappa shape index (κ2) is 9.45. The molecule has 0 bridgehead atoms. The fourth-order valence-electron chi connectivity index (χ4n) is 3.09. The third-order valence-corrected chi connectivity index (χ3v) is 4.77. The maximum Gasteiger partial charge on any atom is 0.250 e. The molecule has 5 heteroatoms. The lowest BCUT2D eigenvalue weighted by atomic mass is 9.92. The highest BCUT2D eigenvalue weighted by Crippen LogP contribution is 2.24. The van der Waals surface area contributed by atoms with Crippen LogP contribution in [0.3, 0.4) is 0 Å². The highest BCUT2D eigenvalue weighted by Gasteiger charge is 2.20. The zero-order valence-electron chi connectivity index (χ0n) is 15.2. The molecule has 1 saturated carbocycles. The molecule has 0 unspecified atom stereocenters. The van der Waals surface area contributed by atoms with Crippen LogP contribution in [-0.2, 0) is 0 Å². The predicted molar refractivity (Wildman–Crippen MR) is 102 cm³/mol. The summed E-state index contributed by atoms with van der Waals surface area (Å²) in [4.78, 5) is 14.1. The Labute approximate surface area is 150 Å². The van der Waals surface area contributed by atoms with Crippen LogP contribution in [-0.4, -0.2) is 47.7 Å². The first-order valence-corrected chi connectivity index (χ1v) is 9.13. The van der Waals surface area contributed by atoms with E-state index in [4.69, 9.17) is 5.73 Å². The number of aliphatic hydroxyl groups excluding tert-OH is 1. The fourth-order valence-corrected chi connectivity index (χ4v) is 3.09. The number of carbonyl (C=O) groups is 1. The summed E-state index contributed by atoms with van der Waals surface area (Å²) in [5, 5.41) is 13.0. The number of hydrogen-bond donors (Lipinski definition) is 3. The Morgan fingerprint density at radius 3 is 2.56 bits per heavy atom. The summed E-state index contributed by atoms with van der Waals surface area (Å²) in [6.07, 6.45) is 3.17. The Kier molecular flexibility index (Phi) is 7.30. The van der Waals surface area contributed by atoms with Gasteiger partial charge in [-0.25, -0.2) is 0 Å². The third kappa shape index (κ3) is 5.77. The molecule has 1 aliphatic rings. The Morgan fingerprint density at radius 2 is 1.96 bits per heavy atom. The summed E-state index contributed by atoms with van der Waals surface area (Å²) in [7, 11) is 0. The van der Waals surface area contributed by atoms with Crippen LogP contribution in [0.5, 0.6) is 0 Å². The summed E-state index contributed by atoms with van der Waals surface area (Å²) in [6.45, 7) is 6.87. The van der Waals surface area contributed by atoms with Gasteiger partial charge in [-0.1, -0.05) is 25.7 Å². The van der Waals surface area contributed by atoms with Gasteiger partial charge in [0, 0.05) is 17.3 Å². The molecule has 0 aliphatic heterocycles. The molecular formula is C20H29N3O2. The van der Waals surface area contributed by atoms with E-state index in [-0.39, 0.29) is 12.1 Å². The van der Waals surface area contributed by atoms with Crippen molar-refractivity contribution in [3.63, 3.8) is 0 Å². The molecule has 0 heterocycles. The molecule has 136 valence electrons. The van der Waals surface area contributed by atoms with Crippen molar-refractivity contribution in [2.24, 2.45) is 5.73 Å². The van der Waals surface area contributed by atoms with Gasteiger partial charge < -0.3 is 16.2 Å². The average Bonchev–Trinajstić information content (AvgIpc) is 2.61. The van der Waals surface area contributed by atoms with Gasteiger partial charge in [-0.15, -0.1) is 0 Å². The number of nitrogens with zero attached hydrogens (tertiary/aromatic N) is 1. The van der Waals surface area contributed by atoms with Crippen LogP contribution in [0.15, 0.2) is 18.2 Å². The minimum Gasteiger partial charge on any atom is -0.393 e. The zero-order valence-corrected chi connectivity index (χ0v) is 15.2. The zero-order chi connectivity index (χ0) is 18.2. The van der Waals surface area contributed by atoms with Crippen molar-refractivity contribution >= 4 is 11.6 Å². The number of anilines is 1. The van der Waals surface area contributed by atoms with Crippen LogP contribution >= 0.6 is 0 Å². The van der Waals surface area contributed by atoms with E-state index in [9.17, 15) is 9.90 Å². The van der Waals surface area contributed by atoms with E-state index < -0.39 is 5.91 Å². The van der Waals surface area contributed by atoms with Gasteiger partial charge in [-0.05, 0) is 57.0 Å². The minimum atomic E-state index is -0.453. The number of benzene rings is 1. The van der Waals surface area contributed by atoms with Crippen molar-refractivity contribution < 1.29 is 9.90 Å². The Hall–Kier alpha value is -2.03. The minimum absolute atomic E-state index is 0.197. The topological polar surface area (TPSA) is 78.6 Å². The van der Waals surface area contributed by atoms with Gasteiger partial charge in [0.25, 0.3) is 5.91 Å². The number of nitrogens with one attached hydrogen (secondary N) is 1. The van der Waals surface area contributed by atoms with Gasteiger partial charge >= 0.3 is 0 Å². The molecule has 4 N–H and O–H groups in total. The number of aliphatic hydroxyl groups is 1. The summed E-state index contributed by atoms with van der Waals surface area (Å²) < 4.78 is 0. The molecule has 2 rings (SSSR count). The van der Waals surface area contributed by atoms with E-state index in [2.05, 4.69) is 35.9 Å². The third-order valence-electron chi connectivity index (χ3n) is 4.77. The largest absolute Gasteiger partial charge is 0.393 e. The number of rotatable bonds is 6. The molecule has 0 spiro atoms. The first-order chi connectivity index (χ1) is 12.0. The summed E-state index contributed by atoms with van der Waals surface area (Å²) in [5.41, 5.74) is 7.58. The monoisotopic (exact) mass is 343 g/mol. The van der Waals surface area contributed by atoms with Crippen molar-refractivity contribution in [2.45, 2.75) is 51.7 Å². The van der Waals surface area contributed by atoms with Gasteiger partial charge in [-0.3, -0.25) is 9.69 Å². The molecule has 0 aromatic heterocycles. The fraction of sp³-hybridized carbons (Fsp3) is 0.550. The van der Waals surface area contributed by atoms with E-state index in [1.54, 1.807) is 6.07 Å². The lowest BCUT2D eigenvalue weighted by molar-refractivity contribution is 0.100. The highest BCUT2D eigenvalue weighted by molar-refractivity contribution is 5.99. The number of hydrogen-bond acceptors (Lipinski definition) is 4. The molecular weight excluding hydrogens is 314 g/mol. The van der Waals surface area contributed by atoms with E-state index in [0.29, 0.717) is 12.1 Å². The average molecular weight is 343 g/mol. The van der Waals surface area contributed by atoms with Gasteiger partial charge in [-0.2, -0.15) is 0 Å². The van der Waals surface area contributed by atoms with E-state index in [0.717, 1.165) is 50.0 Å². The molecule has 1 aromatic rings. The van der Waals surface area contributed by atoms with Gasteiger partial charge in [0.2, 0.25) is 0 Å². The number of amides is 1. The number of nitrogens with two attached hydrogens (primary N) is 1. The molecule has 5 nitrogen and oxygen atoms in total. The Bertz CT molecular complexity index is 636.